The number of hydrogen-bond donors (Lipinski definition) is 2. The molecule has 8 nitrogen and oxygen atoms in total. The Labute approximate surface area is 207 Å². The van der Waals surface area contributed by atoms with E-state index in [1.807, 2.05) is 19.1 Å². The first-order valence-electron chi connectivity index (χ1n) is 12.9. The van der Waals surface area contributed by atoms with Gasteiger partial charge in [-0.3, -0.25) is 19.1 Å². The largest absolute Gasteiger partial charge is 0.351 e. The summed E-state index contributed by atoms with van der Waals surface area (Å²) in [6.45, 7) is 7.07. The third-order valence-electron chi connectivity index (χ3n) is 7.33. The van der Waals surface area contributed by atoms with Gasteiger partial charge < -0.3 is 15.5 Å². The second kappa shape index (κ2) is 10.6. The first-order chi connectivity index (χ1) is 16.9. The molecule has 35 heavy (non-hydrogen) atoms. The fraction of sp³-hybridized carbons (Fsp3) is 0.556. The predicted molar refractivity (Wildman–Crippen MR) is 134 cm³/mol. The Balaban J connectivity index is 1.52. The Morgan fingerprint density at radius 2 is 1.80 bits per heavy atom. The van der Waals surface area contributed by atoms with Crippen molar-refractivity contribution in [3.8, 4) is 0 Å². The van der Waals surface area contributed by atoms with E-state index in [9.17, 15) is 14.4 Å². The van der Waals surface area contributed by atoms with Crippen molar-refractivity contribution >= 4 is 17.7 Å². The van der Waals surface area contributed by atoms with Gasteiger partial charge in [-0.1, -0.05) is 57.4 Å². The van der Waals surface area contributed by atoms with E-state index >= 15 is 0 Å². The van der Waals surface area contributed by atoms with Gasteiger partial charge in [0.1, 0.15) is 11.2 Å². The van der Waals surface area contributed by atoms with Crippen molar-refractivity contribution in [3.63, 3.8) is 0 Å². The minimum atomic E-state index is -1.05. The third-order valence-corrected chi connectivity index (χ3v) is 7.33. The molecule has 4 rings (SSSR count). The van der Waals surface area contributed by atoms with Crippen LogP contribution >= 0.6 is 0 Å². The molecule has 0 bridgehead atoms. The van der Waals surface area contributed by atoms with Gasteiger partial charge in [-0.05, 0) is 43.7 Å². The van der Waals surface area contributed by atoms with E-state index in [0.29, 0.717) is 18.8 Å². The fourth-order valence-corrected chi connectivity index (χ4v) is 5.00. The number of rotatable bonds is 9. The maximum atomic E-state index is 13.5. The summed E-state index contributed by atoms with van der Waals surface area (Å²) >= 11 is 0. The summed E-state index contributed by atoms with van der Waals surface area (Å²) in [4.78, 5) is 41.5. The molecule has 1 fully saturated rings. The molecule has 1 aliphatic heterocycles. The molecule has 2 heterocycles. The highest BCUT2D eigenvalue weighted by molar-refractivity contribution is 6.01. The van der Waals surface area contributed by atoms with Crippen LogP contribution in [0.25, 0.3) is 0 Å². The second-order valence-electron chi connectivity index (χ2n) is 9.96. The monoisotopic (exact) mass is 479 g/mol. The highest BCUT2D eigenvalue weighted by atomic mass is 16.2. The SMILES string of the molecule is CCCCN1C(=O)c2cc(C(=O)NCc3ccc(CC)cc3)nn2C[C@@]1(C)C(=O)NC1CCCC1. The number of unbranched alkanes of at least 4 members (excludes halogenated alkanes) is 1. The molecule has 1 aliphatic carbocycles. The molecule has 2 N–H and O–H groups in total. The van der Waals surface area contributed by atoms with Gasteiger partial charge in [-0.2, -0.15) is 5.10 Å². The first kappa shape index (κ1) is 24.9. The van der Waals surface area contributed by atoms with Crippen molar-refractivity contribution in [2.45, 2.75) is 90.4 Å². The molecule has 1 aromatic carbocycles. The van der Waals surface area contributed by atoms with Gasteiger partial charge in [0.05, 0.1) is 6.54 Å². The number of benzene rings is 1. The number of nitrogens with zero attached hydrogens (tertiary/aromatic N) is 3. The average Bonchev–Trinajstić information content (AvgIpc) is 3.53. The molecule has 2 aliphatic rings. The quantitative estimate of drug-likeness (QED) is 0.576. The minimum Gasteiger partial charge on any atom is -0.351 e. The Bertz CT molecular complexity index is 1070. The van der Waals surface area contributed by atoms with Crippen LogP contribution in [0.15, 0.2) is 30.3 Å². The lowest BCUT2D eigenvalue weighted by atomic mass is 9.94. The molecule has 0 unspecified atom stereocenters. The van der Waals surface area contributed by atoms with Crippen LogP contribution in [0, 0.1) is 0 Å². The van der Waals surface area contributed by atoms with E-state index in [2.05, 4.69) is 41.7 Å². The minimum absolute atomic E-state index is 0.142. The van der Waals surface area contributed by atoms with Crippen LogP contribution in [0.1, 0.15) is 91.4 Å². The van der Waals surface area contributed by atoms with Crippen molar-refractivity contribution < 1.29 is 14.4 Å². The highest BCUT2D eigenvalue weighted by Crippen LogP contribution is 2.29. The van der Waals surface area contributed by atoms with Crippen molar-refractivity contribution in [3.05, 3.63) is 52.8 Å². The van der Waals surface area contributed by atoms with Crippen LogP contribution in [0.3, 0.4) is 0 Å². The van der Waals surface area contributed by atoms with Crippen molar-refractivity contribution in [1.29, 1.82) is 0 Å². The molecule has 0 spiro atoms. The molecule has 0 radical (unpaired) electrons. The maximum absolute atomic E-state index is 13.5. The molecule has 1 saturated carbocycles. The number of carbonyl (C=O) groups is 3. The van der Waals surface area contributed by atoms with E-state index in [4.69, 9.17) is 0 Å². The van der Waals surface area contributed by atoms with Gasteiger partial charge in [0.2, 0.25) is 5.91 Å². The summed E-state index contributed by atoms with van der Waals surface area (Å²) < 4.78 is 1.53. The van der Waals surface area contributed by atoms with Crippen LogP contribution in [0.4, 0.5) is 0 Å². The van der Waals surface area contributed by atoms with Gasteiger partial charge in [0.15, 0.2) is 5.69 Å². The summed E-state index contributed by atoms with van der Waals surface area (Å²) in [6, 6.07) is 9.82. The Kier molecular flexibility index (Phi) is 7.57. The molecule has 8 heteroatoms. The van der Waals surface area contributed by atoms with E-state index in [1.54, 1.807) is 11.0 Å². The number of fused-ring (bicyclic) bond motifs is 1. The van der Waals surface area contributed by atoms with Crippen LogP contribution in [-0.2, 0) is 24.3 Å². The van der Waals surface area contributed by atoms with Crippen molar-refractivity contribution in [2.75, 3.05) is 6.54 Å². The standard InChI is InChI=1S/C27H37N5O3/c1-4-6-15-31-25(34)23-16-22(24(33)28-17-20-13-11-19(5-2)12-14-20)30-32(23)18-27(31,3)26(35)29-21-9-7-8-10-21/h11-14,16,21H,4-10,15,17-18H2,1-3H3,(H,28,33)(H,29,35)/t27-/m0/s1. The Morgan fingerprint density at radius 3 is 2.46 bits per heavy atom. The Hall–Kier alpha value is -3.16. The van der Waals surface area contributed by atoms with Crippen molar-refractivity contribution in [1.82, 2.24) is 25.3 Å². The smallest absolute Gasteiger partial charge is 0.273 e. The van der Waals surface area contributed by atoms with E-state index in [0.717, 1.165) is 50.5 Å². The van der Waals surface area contributed by atoms with Gasteiger partial charge in [0.25, 0.3) is 11.8 Å². The number of hydrogen-bond acceptors (Lipinski definition) is 4. The molecule has 1 aromatic heterocycles. The summed E-state index contributed by atoms with van der Waals surface area (Å²) in [5.74, 6) is -0.733. The van der Waals surface area contributed by atoms with Gasteiger partial charge >= 0.3 is 0 Å². The topological polar surface area (TPSA) is 96.3 Å². The predicted octanol–water partition coefficient (Wildman–Crippen LogP) is 3.45. The lowest BCUT2D eigenvalue weighted by Crippen LogP contribution is -2.65. The summed E-state index contributed by atoms with van der Waals surface area (Å²) in [5.41, 5.74) is 1.73. The van der Waals surface area contributed by atoms with Crippen LogP contribution in [0.5, 0.6) is 0 Å². The lowest BCUT2D eigenvalue weighted by Gasteiger charge is -2.43. The first-order valence-corrected chi connectivity index (χ1v) is 12.9. The lowest BCUT2D eigenvalue weighted by molar-refractivity contribution is -0.133. The van der Waals surface area contributed by atoms with E-state index in [1.165, 1.54) is 10.2 Å². The average molecular weight is 480 g/mol. The van der Waals surface area contributed by atoms with Gasteiger partial charge in [-0.15, -0.1) is 0 Å². The molecule has 0 saturated heterocycles. The number of aromatic nitrogens is 2. The van der Waals surface area contributed by atoms with Gasteiger partial charge in [0, 0.05) is 25.2 Å². The fourth-order valence-electron chi connectivity index (χ4n) is 5.00. The van der Waals surface area contributed by atoms with Crippen molar-refractivity contribution in [2.24, 2.45) is 0 Å². The number of aryl methyl sites for hydroxylation is 1. The van der Waals surface area contributed by atoms with Crippen LogP contribution < -0.4 is 10.6 Å². The highest BCUT2D eigenvalue weighted by Gasteiger charge is 2.48. The van der Waals surface area contributed by atoms with Crippen LogP contribution in [-0.4, -0.2) is 50.5 Å². The zero-order chi connectivity index (χ0) is 25.0. The normalized spacial score (nSPS) is 20.1. The number of nitrogens with one attached hydrogen (secondary N) is 2. The molecule has 188 valence electrons. The number of amides is 3. The zero-order valence-electron chi connectivity index (χ0n) is 21.1. The summed E-state index contributed by atoms with van der Waals surface area (Å²) in [5, 5.41) is 10.5. The molecular weight excluding hydrogens is 442 g/mol. The zero-order valence-corrected chi connectivity index (χ0v) is 21.1. The van der Waals surface area contributed by atoms with E-state index in [-0.39, 0.29) is 36.0 Å². The summed E-state index contributed by atoms with van der Waals surface area (Å²) in [6.07, 6.45) is 6.86. The molecular formula is C27H37N5O3. The Morgan fingerprint density at radius 1 is 1.11 bits per heavy atom. The van der Waals surface area contributed by atoms with E-state index < -0.39 is 5.54 Å². The molecule has 2 aromatic rings. The van der Waals surface area contributed by atoms with Crippen LogP contribution in [0.2, 0.25) is 0 Å². The molecule has 1 atom stereocenters. The van der Waals surface area contributed by atoms with Gasteiger partial charge in [-0.25, -0.2) is 0 Å². The number of carbonyl (C=O) groups excluding carboxylic acids is 3. The molecule has 3 amide bonds. The second-order valence-corrected chi connectivity index (χ2v) is 9.96. The maximum Gasteiger partial charge on any atom is 0.273 e. The third kappa shape index (κ3) is 5.26. The summed E-state index contributed by atoms with van der Waals surface area (Å²) in [7, 11) is 0.